The van der Waals surface area contributed by atoms with Gasteiger partial charge >= 0.3 is 0 Å². The van der Waals surface area contributed by atoms with Crippen molar-refractivity contribution in [3.8, 4) is 5.75 Å². The fraction of sp³-hybridized carbons (Fsp3) is 0.143. The van der Waals surface area contributed by atoms with Crippen LogP contribution in [0.3, 0.4) is 0 Å². The molecule has 0 fully saturated rings. The van der Waals surface area contributed by atoms with Crippen molar-refractivity contribution in [1.82, 2.24) is 0 Å². The van der Waals surface area contributed by atoms with Crippen molar-refractivity contribution in [3.05, 3.63) is 28.8 Å². The zero-order valence-corrected chi connectivity index (χ0v) is 5.90. The van der Waals surface area contributed by atoms with Crippen LogP contribution >= 0.6 is 11.6 Å². The average molecular weight is 161 g/mol. The minimum absolute atomic E-state index is 0.0149. The Morgan fingerprint density at radius 1 is 1.50 bits per heavy atom. The quantitative estimate of drug-likeness (QED) is 0.669. The van der Waals surface area contributed by atoms with Crippen LogP contribution in [0.2, 0.25) is 5.02 Å². The molecule has 10 heavy (non-hydrogen) atoms. The molecule has 0 atom stereocenters. The second kappa shape index (κ2) is 2.88. The van der Waals surface area contributed by atoms with Gasteiger partial charge in [0.05, 0.1) is 5.02 Å². The molecule has 1 N–H and O–H groups in total. The Balaban J connectivity index is 3.04. The van der Waals surface area contributed by atoms with E-state index in [0.29, 0.717) is 5.56 Å². The van der Waals surface area contributed by atoms with Gasteiger partial charge in [-0.05, 0) is 17.7 Å². The second-order valence-corrected chi connectivity index (χ2v) is 2.33. The van der Waals surface area contributed by atoms with Gasteiger partial charge < -0.3 is 5.11 Å². The molecule has 0 aliphatic rings. The Morgan fingerprint density at radius 2 is 2.20 bits per heavy atom. The van der Waals surface area contributed by atoms with Crippen LogP contribution in [0.25, 0.3) is 0 Å². The number of phenolic OH excluding ortho intramolecular Hbond substituents is 1. The lowest BCUT2D eigenvalue weighted by atomic mass is 10.2. The number of alkyl halides is 1. The molecule has 0 saturated heterocycles. The van der Waals surface area contributed by atoms with Crippen molar-refractivity contribution < 1.29 is 9.50 Å². The lowest BCUT2D eigenvalue weighted by Gasteiger charge is -1.96. The van der Waals surface area contributed by atoms with E-state index in [1.54, 1.807) is 0 Å². The number of rotatable bonds is 1. The third-order valence-electron chi connectivity index (χ3n) is 1.17. The molecule has 3 heteroatoms. The first-order valence-corrected chi connectivity index (χ1v) is 3.15. The predicted octanol–water partition coefficient (Wildman–Crippen LogP) is 2.52. The van der Waals surface area contributed by atoms with E-state index in [1.807, 2.05) is 0 Å². The molecule has 0 radical (unpaired) electrons. The van der Waals surface area contributed by atoms with Crippen molar-refractivity contribution in [2.75, 3.05) is 0 Å². The largest absolute Gasteiger partial charge is 0.506 e. The lowest BCUT2D eigenvalue weighted by Crippen LogP contribution is -1.76. The van der Waals surface area contributed by atoms with Crippen LogP contribution in [0.1, 0.15) is 5.56 Å². The summed E-state index contributed by atoms with van der Waals surface area (Å²) >= 11 is 5.48. The maximum atomic E-state index is 11.9. The third kappa shape index (κ3) is 1.39. The minimum atomic E-state index is -0.556. The van der Waals surface area contributed by atoms with Crippen molar-refractivity contribution in [2.24, 2.45) is 0 Å². The fourth-order valence-electron chi connectivity index (χ4n) is 0.634. The lowest BCUT2D eigenvalue weighted by molar-refractivity contribution is 0.470. The molecule has 0 aromatic heterocycles. The van der Waals surface area contributed by atoms with E-state index in [0.717, 1.165) is 0 Å². The molecule has 0 heterocycles. The van der Waals surface area contributed by atoms with Gasteiger partial charge in [-0.25, -0.2) is 4.39 Å². The van der Waals surface area contributed by atoms with E-state index >= 15 is 0 Å². The number of hydrogen-bond donors (Lipinski definition) is 1. The van der Waals surface area contributed by atoms with E-state index < -0.39 is 6.67 Å². The first-order chi connectivity index (χ1) is 4.74. The molecule has 0 bridgehead atoms. The summed E-state index contributed by atoms with van der Waals surface area (Å²) in [6, 6.07) is 4.26. The molecule has 0 saturated carbocycles. The Morgan fingerprint density at radius 3 is 2.70 bits per heavy atom. The zero-order valence-electron chi connectivity index (χ0n) is 5.14. The van der Waals surface area contributed by atoms with Gasteiger partial charge in [0, 0.05) is 0 Å². The smallest absolute Gasteiger partial charge is 0.134 e. The first-order valence-electron chi connectivity index (χ1n) is 2.77. The minimum Gasteiger partial charge on any atom is -0.506 e. The number of aromatic hydroxyl groups is 1. The summed E-state index contributed by atoms with van der Waals surface area (Å²) in [7, 11) is 0. The summed E-state index contributed by atoms with van der Waals surface area (Å²) in [5.41, 5.74) is 0.475. The first kappa shape index (κ1) is 7.35. The Labute approximate surface area is 63.1 Å². The highest BCUT2D eigenvalue weighted by atomic mass is 35.5. The van der Waals surface area contributed by atoms with Crippen LogP contribution in [0.4, 0.5) is 4.39 Å². The molecule has 0 aliphatic heterocycles. The maximum Gasteiger partial charge on any atom is 0.134 e. The Hall–Kier alpha value is -0.760. The van der Waals surface area contributed by atoms with Crippen LogP contribution in [-0.4, -0.2) is 5.11 Å². The summed E-state index contributed by atoms with van der Waals surface area (Å²) in [5.74, 6) is -0.0149. The molecule has 1 aromatic rings. The molecule has 1 aromatic carbocycles. The number of benzene rings is 1. The molecule has 0 amide bonds. The van der Waals surface area contributed by atoms with Crippen molar-refractivity contribution in [2.45, 2.75) is 6.67 Å². The summed E-state index contributed by atoms with van der Waals surface area (Å²) < 4.78 is 11.9. The molecule has 0 spiro atoms. The molecule has 0 aliphatic carbocycles. The van der Waals surface area contributed by atoms with Crippen LogP contribution in [0.5, 0.6) is 5.75 Å². The zero-order chi connectivity index (χ0) is 7.56. The highest BCUT2D eigenvalue weighted by Gasteiger charge is 1.97. The fourth-order valence-corrected chi connectivity index (χ4v) is 0.837. The van der Waals surface area contributed by atoms with Gasteiger partial charge in [-0.1, -0.05) is 17.7 Å². The molecule has 54 valence electrons. The standard InChI is InChI=1S/C7H6ClFO/c8-6-3-5(4-9)1-2-7(6)10/h1-3,10H,4H2. The van der Waals surface area contributed by atoms with Crippen molar-refractivity contribution >= 4 is 11.6 Å². The molecular weight excluding hydrogens is 155 g/mol. The molecule has 0 unspecified atom stereocenters. The SMILES string of the molecule is Oc1ccc(CF)cc1Cl. The molecule has 1 nitrogen and oxygen atoms in total. The Bertz CT molecular complexity index is 237. The maximum absolute atomic E-state index is 11.9. The van der Waals surface area contributed by atoms with Gasteiger partial charge in [0.1, 0.15) is 12.4 Å². The van der Waals surface area contributed by atoms with Crippen LogP contribution in [-0.2, 0) is 6.67 Å². The third-order valence-corrected chi connectivity index (χ3v) is 1.47. The normalized spacial score (nSPS) is 9.80. The van der Waals surface area contributed by atoms with Crippen molar-refractivity contribution in [1.29, 1.82) is 0 Å². The number of phenols is 1. The number of halogens is 2. The van der Waals surface area contributed by atoms with Crippen LogP contribution in [0.15, 0.2) is 18.2 Å². The van der Waals surface area contributed by atoms with E-state index in [2.05, 4.69) is 0 Å². The summed E-state index contributed by atoms with van der Waals surface area (Å²) in [6.45, 7) is -0.556. The van der Waals surface area contributed by atoms with Gasteiger partial charge in [0.15, 0.2) is 0 Å². The van der Waals surface area contributed by atoms with Gasteiger partial charge in [-0.15, -0.1) is 0 Å². The topological polar surface area (TPSA) is 20.2 Å². The molecule has 1 rings (SSSR count). The van der Waals surface area contributed by atoms with Crippen LogP contribution < -0.4 is 0 Å². The monoisotopic (exact) mass is 160 g/mol. The van der Waals surface area contributed by atoms with E-state index in [4.69, 9.17) is 16.7 Å². The van der Waals surface area contributed by atoms with E-state index in [9.17, 15) is 4.39 Å². The van der Waals surface area contributed by atoms with Crippen molar-refractivity contribution in [3.63, 3.8) is 0 Å². The van der Waals surface area contributed by atoms with E-state index in [-0.39, 0.29) is 10.8 Å². The van der Waals surface area contributed by atoms with Gasteiger partial charge in [0.2, 0.25) is 0 Å². The van der Waals surface area contributed by atoms with Gasteiger partial charge in [-0.2, -0.15) is 0 Å². The highest BCUT2D eigenvalue weighted by Crippen LogP contribution is 2.23. The number of hydrogen-bond acceptors (Lipinski definition) is 1. The van der Waals surface area contributed by atoms with Gasteiger partial charge in [0.25, 0.3) is 0 Å². The van der Waals surface area contributed by atoms with E-state index in [1.165, 1.54) is 18.2 Å². The second-order valence-electron chi connectivity index (χ2n) is 1.92. The Kier molecular flexibility index (Phi) is 2.12. The summed E-state index contributed by atoms with van der Waals surface area (Å²) in [4.78, 5) is 0. The predicted molar refractivity (Wildman–Crippen MR) is 37.9 cm³/mol. The highest BCUT2D eigenvalue weighted by molar-refractivity contribution is 6.32. The summed E-state index contributed by atoms with van der Waals surface area (Å²) in [5, 5.41) is 9.07. The molecular formula is C7H6ClFO. The van der Waals surface area contributed by atoms with Gasteiger partial charge in [-0.3, -0.25) is 0 Å². The van der Waals surface area contributed by atoms with Crippen LogP contribution in [0, 0.1) is 0 Å². The average Bonchev–Trinajstić information content (AvgIpc) is 1.95. The summed E-state index contributed by atoms with van der Waals surface area (Å²) in [6.07, 6.45) is 0.